The molecular formula is C26H38N10O7. The molecule has 2 aromatic rings. The van der Waals surface area contributed by atoms with Crippen molar-refractivity contribution in [3.05, 3.63) is 48.0 Å². The third-order valence-electron chi connectivity index (χ3n) is 6.21. The van der Waals surface area contributed by atoms with Gasteiger partial charge in [0.25, 0.3) is 0 Å². The van der Waals surface area contributed by atoms with Gasteiger partial charge >= 0.3 is 5.97 Å². The predicted octanol–water partition coefficient (Wildman–Crippen LogP) is -2.91. The van der Waals surface area contributed by atoms with Gasteiger partial charge < -0.3 is 54.1 Å². The lowest BCUT2D eigenvalue weighted by molar-refractivity contribution is -0.142. The van der Waals surface area contributed by atoms with Crippen molar-refractivity contribution in [1.82, 2.24) is 25.9 Å². The molecule has 0 bridgehead atoms. The molecule has 2 rings (SSSR count). The molecule has 43 heavy (non-hydrogen) atoms. The maximum absolute atomic E-state index is 13.3. The Hall–Kier alpha value is -5.19. The van der Waals surface area contributed by atoms with E-state index in [1.807, 2.05) is 0 Å². The molecule has 4 amide bonds. The lowest BCUT2D eigenvalue weighted by Gasteiger charge is -2.25. The molecule has 0 radical (unpaired) electrons. The molecule has 1 aromatic carbocycles. The standard InChI is InChI=1S/C26H38N10O7/c27-17(11-15-12-31-13-33-15)22(39)34-18(2-1-9-32-26(29)30)23(40)35-19(7-8-21(28)38)24(41)36-20(25(42)43)10-14-3-5-16(37)6-4-14/h3-6,12-13,17-20,37H,1-2,7-11,27H2,(H2,28,38)(H,31,33)(H,34,39)(H,35,40)(H,36,41)(H,42,43)(H4,29,30,32). The highest BCUT2D eigenvalue weighted by atomic mass is 16.4. The summed E-state index contributed by atoms with van der Waals surface area (Å²) in [5.41, 5.74) is 23.1. The molecule has 0 fully saturated rings. The highest BCUT2D eigenvalue weighted by Gasteiger charge is 2.30. The number of hydrogen-bond acceptors (Lipinski definition) is 9. The first kappa shape index (κ1) is 34.0. The Morgan fingerprint density at radius 1 is 0.884 bits per heavy atom. The normalized spacial score (nSPS) is 13.5. The number of nitrogens with two attached hydrogens (primary N) is 4. The Bertz CT molecular complexity index is 1260. The van der Waals surface area contributed by atoms with Crippen molar-refractivity contribution >= 4 is 35.6 Å². The average Bonchev–Trinajstić information content (AvgIpc) is 3.45. The quantitative estimate of drug-likeness (QED) is 0.0468. The van der Waals surface area contributed by atoms with Crippen LogP contribution in [0.25, 0.3) is 0 Å². The van der Waals surface area contributed by atoms with E-state index in [9.17, 15) is 34.2 Å². The highest BCUT2D eigenvalue weighted by Crippen LogP contribution is 2.12. The lowest BCUT2D eigenvalue weighted by Crippen LogP contribution is -2.57. The maximum atomic E-state index is 13.3. The number of aromatic nitrogens is 2. The van der Waals surface area contributed by atoms with Gasteiger partial charge in [0.15, 0.2) is 5.96 Å². The number of H-pyrrole nitrogens is 1. The van der Waals surface area contributed by atoms with Gasteiger partial charge in [-0.3, -0.25) is 24.2 Å². The molecule has 1 heterocycles. The number of carbonyl (C=O) groups is 5. The molecule has 234 valence electrons. The van der Waals surface area contributed by atoms with Crippen LogP contribution < -0.4 is 38.9 Å². The Balaban J connectivity index is 2.18. The summed E-state index contributed by atoms with van der Waals surface area (Å²) in [6.07, 6.45) is 2.67. The molecule has 14 N–H and O–H groups in total. The zero-order chi connectivity index (χ0) is 31.9. The van der Waals surface area contributed by atoms with E-state index in [4.69, 9.17) is 22.9 Å². The Labute approximate surface area is 246 Å². The molecule has 17 heteroatoms. The van der Waals surface area contributed by atoms with Crippen LogP contribution in [0.1, 0.15) is 36.9 Å². The highest BCUT2D eigenvalue weighted by molar-refractivity contribution is 5.94. The molecule has 17 nitrogen and oxygen atoms in total. The second-order valence-electron chi connectivity index (χ2n) is 9.73. The second-order valence-corrected chi connectivity index (χ2v) is 9.73. The number of phenolic OH excluding ortho intramolecular Hbond substituents is 1. The molecule has 1 aromatic heterocycles. The Kier molecular flexibility index (Phi) is 13.4. The number of carboxylic acid groups (broad SMARTS) is 1. The molecular weight excluding hydrogens is 564 g/mol. The van der Waals surface area contributed by atoms with Crippen LogP contribution in [-0.4, -0.2) is 86.5 Å². The number of phenols is 1. The number of nitrogens with zero attached hydrogens (tertiary/aromatic N) is 2. The van der Waals surface area contributed by atoms with Gasteiger partial charge in [0, 0.05) is 37.7 Å². The van der Waals surface area contributed by atoms with Gasteiger partial charge in [-0.15, -0.1) is 0 Å². The molecule has 0 aliphatic heterocycles. The van der Waals surface area contributed by atoms with Crippen LogP contribution in [0.2, 0.25) is 0 Å². The smallest absolute Gasteiger partial charge is 0.326 e. The van der Waals surface area contributed by atoms with Crippen LogP contribution in [0.5, 0.6) is 5.75 Å². The van der Waals surface area contributed by atoms with E-state index < -0.39 is 53.8 Å². The van der Waals surface area contributed by atoms with Gasteiger partial charge in [0.05, 0.1) is 12.4 Å². The minimum atomic E-state index is -1.40. The fourth-order valence-corrected chi connectivity index (χ4v) is 3.94. The molecule has 0 aliphatic rings. The second kappa shape index (κ2) is 16.9. The summed E-state index contributed by atoms with van der Waals surface area (Å²) in [4.78, 5) is 73.3. The van der Waals surface area contributed by atoms with Gasteiger partial charge in [0.1, 0.15) is 23.9 Å². The number of benzene rings is 1. The number of hydrogen-bond donors (Lipinski definition) is 10. The van der Waals surface area contributed by atoms with E-state index in [0.717, 1.165) is 0 Å². The molecule has 0 saturated heterocycles. The lowest BCUT2D eigenvalue weighted by atomic mass is 10.0. The molecule has 0 aliphatic carbocycles. The predicted molar refractivity (Wildman–Crippen MR) is 154 cm³/mol. The van der Waals surface area contributed by atoms with Gasteiger partial charge in [-0.2, -0.15) is 0 Å². The molecule has 0 saturated carbocycles. The summed E-state index contributed by atoms with van der Waals surface area (Å²) in [5, 5.41) is 26.6. The van der Waals surface area contributed by atoms with Crippen LogP contribution in [0.4, 0.5) is 0 Å². The minimum absolute atomic E-state index is 0.0175. The van der Waals surface area contributed by atoms with Crippen molar-refractivity contribution in [3.8, 4) is 5.75 Å². The number of rotatable bonds is 18. The number of aliphatic carboxylic acids is 1. The zero-order valence-corrected chi connectivity index (χ0v) is 23.4. The van der Waals surface area contributed by atoms with Crippen molar-refractivity contribution in [1.29, 1.82) is 0 Å². The summed E-state index contributed by atoms with van der Waals surface area (Å²) in [6, 6.07) is 0.720. The first-order valence-corrected chi connectivity index (χ1v) is 13.3. The largest absolute Gasteiger partial charge is 0.508 e. The van der Waals surface area contributed by atoms with Gasteiger partial charge in [-0.25, -0.2) is 9.78 Å². The number of nitrogens with one attached hydrogen (secondary N) is 4. The molecule has 4 unspecified atom stereocenters. The maximum Gasteiger partial charge on any atom is 0.326 e. The Morgan fingerprint density at radius 2 is 1.49 bits per heavy atom. The van der Waals surface area contributed by atoms with Gasteiger partial charge in [0.2, 0.25) is 23.6 Å². The van der Waals surface area contributed by atoms with E-state index in [0.29, 0.717) is 11.3 Å². The first-order chi connectivity index (χ1) is 20.3. The summed E-state index contributed by atoms with van der Waals surface area (Å²) in [6.45, 7) is 0.144. The summed E-state index contributed by atoms with van der Waals surface area (Å²) < 4.78 is 0. The topological polar surface area (TPSA) is 307 Å². The number of aromatic amines is 1. The minimum Gasteiger partial charge on any atom is -0.508 e. The average molecular weight is 603 g/mol. The summed E-state index contributed by atoms with van der Waals surface area (Å²) in [7, 11) is 0. The Morgan fingerprint density at radius 3 is 2.05 bits per heavy atom. The van der Waals surface area contributed by atoms with Crippen molar-refractivity contribution in [3.63, 3.8) is 0 Å². The van der Waals surface area contributed by atoms with Gasteiger partial charge in [-0.1, -0.05) is 12.1 Å². The van der Waals surface area contributed by atoms with Crippen LogP contribution in [-0.2, 0) is 36.8 Å². The zero-order valence-electron chi connectivity index (χ0n) is 23.4. The molecule has 0 spiro atoms. The third-order valence-corrected chi connectivity index (χ3v) is 6.21. The van der Waals surface area contributed by atoms with Crippen LogP contribution in [0, 0.1) is 0 Å². The van der Waals surface area contributed by atoms with E-state index >= 15 is 0 Å². The van der Waals surface area contributed by atoms with Crippen molar-refractivity contribution in [2.24, 2.45) is 27.9 Å². The number of aromatic hydroxyl groups is 1. The van der Waals surface area contributed by atoms with Crippen molar-refractivity contribution < 1.29 is 34.2 Å². The number of aliphatic imine (C=N–C) groups is 1. The van der Waals surface area contributed by atoms with Crippen LogP contribution in [0.3, 0.4) is 0 Å². The van der Waals surface area contributed by atoms with E-state index in [1.54, 1.807) is 0 Å². The van der Waals surface area contributed by atoms with Gasteiger partial charge in [-0.05, 0) is 37.0 Å². The summed E-state index contributed by atoms with van der Waals surface area (Å²) >= 11 is 0. The third kappa shape index (κ3) is 12.5. The van der Waals surface area contributed by atoms with E-state index in [2.05, 4.69) is 30.9 Å². The SMILES string of the molecule is NC(=O)CCC(NC(=O)C(CCCN=C(N)N)NC(=O)C(N)Cc1cnc[nH]1)C(=O)NC(Cc1ccc(O)cc1)C(=O)O. The van der Waals surface area contributed by atoms with Crippen molar-refractivity contribution in [2.75, 3.05) is 6.54 Å². The number of carboxylic acids is 1. The number of primary amides is 1. The monoisotopic (exact) mass is 602 g/mol. The van der Waals surface area contributed by atoms with Crippen LogP contribution >= 0.6 is 0 Å². The number of guanidine groups is 1. The number of carbonyl (C=O) groups excluding carboxylic acids is 4. The fourth-order valence-electron chi connectivity index (χ4n) is 3.94. The molecule has 4 atom stereocenters. The number of amides is 4. The van der Waals surface area contributed by atoms with E-state index in [-0.39, 0.29) is 56.8 Å². The number of imidazole rings is 1. The van der Waals surface area contributed by atoms with Crippen LogP contribution in [0.15, 0.2) is 41.8 Å². The summed E-state index contributed by atoms with van der Waals surface area (Å²) in [5.74, 6) is -4.61. The van der Waals surface area contributed by atoms with E-state index in [1.165, 1.54) is 36.8 Å². The first-order valence-electron chi connectivity index (χ1n) is 13.3. The fraction of sp³-hybridized carbons (Fsp3) is 0.423. The van der Waals surface area contributed by atoms with Crippen molar-refractivity contribution in [2.45, 2.75) is 62.7 Å².